The number of fused-ring (bicyclic) bond motifs is 1. The second kappa shape index (κ2) is 5.53. The van der Waals surface area contributed by atoms with Gasteiger partial charge in [0.15, 0.2) is 0 Å². The summed E-state index contributed by atoms with van der Waals surface area (Å²) in [4.78, 5) is 11.6. The van der Waals surface area contributed by atoms with Crippen LogP contribution < -0.4 is 4.90 Å². The van der Waals surface area contributed by atoms with Crippen molar-refractivity contribution in [3.8, 4) is 0 Å². The molecule has 1 saturated heterocycles. The Morgan fingerprint density at radius 1 is 1.00 bits per heavy atom. The first-order valence-electron chi connectivity index (χ1n) is 7.51. The monoisotopic (exact) mass is 310 g/mol. The highest BCUT2D eigenvalue weighted by molar-refractivity contribution is 7.88. The van der Waals surface area contributed by atoms with Crippen molar-refractivity contribution in [2.75, 3.05) is 37.3 Å². The smallest absolute Gasteiger partial charge is 0.225 e. The molecule has 0 aromatic carbocycles. The Labute approximate surface area is 126 Å². The number of hydrogen-bond donors (Lipinski definition) is 0. The number of rotatable bonds is 2. The molecule has 7 heteroatoms. The van der Waals surface area contributed by atoms with Crippen LogP contribution >= 0.6 is 0 Å². The lowest BCUT2D eigenvalue weighted by Gasteiger charge is -2.18. The van der Waals surface area contributed by atoms with Crippen molar-refractivity contribution in [2.45, 2.75) is 32.6 Å². The summed E-state index contributed by atoms with van der Waals surface area (Å²) in [5.41, 5.74) is 3.15. The van der Waals surface area contributed by atoms with Crippen LogP contribution in [-0.2, 0) is 22.9 Å². The van der Waals surface area contributed by atoms with E-state index in [9.17, 15) is 8.42 Å². The Bertz CT molecular complexity index is 639. The largest absolute Gasteiger partial charge is 0.341 e. The number of nitrogens with zero attached hydrogens (tertiary/aromatic N) is 4. The fourth-order valence-electron chi connectivity index (χ4n) is 3.14. The van der Waals surface area contributed by atoms with Gasteiger partial charge in [0.25, 0.3) is 0 Å². The zero-order valence-corrected chi connectivity index (χ0v) is 13.5. The maximum Gasteiger partial charge on any atom is 0.225 e. The molecule has 116 valence electrons. The average molecular weight is 310 g/mol. The van der Waals surface area contributed by atoms with Gasteiger partial charge < -0.3 is 4.90 Å². The summed E-state index contributed by atoms with van der Waals surface area (Å²) in [6, 6.07) is 0. The number of aryl methyl sites for hydroxylation is 1. The molecule has 1 aromatic heterocycles. The first kappa shape index (κ1) is 14.7. The lowest BCUT2D eigenvalue weighted by atomic mass is 10.1. The van der Waals surface area contributed by atoms with E-state index < -0.39 is 10.0 Å². The summed E-state index contributed by atoms with van der Waals surface area (Å²) in [7, 11) is -3.13. The van der Waals surface area contributed by atoms with E-state index in [4.69, 9.17) is 4.98 Å². The van der Waals surface area contributed by atoms with Gasteiger partial charge in [0.2, 0.25) is 16.0 Å². The van der Waals surface area contributed by atoms with Crippen LogP contribution in [0, 0.1) is 6.92 Å². The van der Waals surface area contributed by atoms with Gasteiger partial charge in [-0.05, 0) is 31.7 Å². The first-order chi connectivity index (χ1) is 9.95. The van der Waals surface area contributed by atoms with Crippen molar-refractivity contribution in [1.29, 1.82) is 0 Å². The molecule has 0 amide bonds. The molecule has 6 nitrogen and oxygen atoms in total. The molecule has 0 spiro atoms. The summed E-state index contributed by atoms with van der Waals surface area (Å²) in [5.74, 6) is 0.816. The van der Waals surface area contributed by atoms with Gasteiger partial charge in [0.05, 0.1) is 11.9 Å². The van der Waals surface area contributed by atoms with Gasteiger partial charge in [-0.1, -0.05) is 0 Å². The Balaban J connectivity index is 1.89. The Morgan fingerprint density at radius 2 is 1.67 bits per heavy atom. The summed E-state index contributed by atoms with van der Waals surface area (Å²) < 4.78 is 25.0. The van der Waals surface area contributed by atoms with Crippen LogP contribution in [0.1, 0.15) is 29.8 Å². The predicted molar refractivity (Wildman–Crippen MR) is 82.0 cm³/mol. The third-order valence-electron chi connectivity index (χ3n) is 4.35. The maximum atomic E-state index is 11.7. The van der Waals surface area contributed by atoms with E-state index in [1.165, 1.54) is 19.1 Å². The number of anilines is 1. The fraction of sp³-hybridized carbons (Fsp3) is 0.714. The minimum atomic E-state index is -3.13. The van der Waals surface area contributed by atoms with E-state index in [-0.39, 0.29) is 0 Å². The molecule has 3 rings (SSSR count). The summed E-state index contributed by atoms with van der Waals surface area (Å²) in [5, 5.41) is 0. The summed E-state index contributed by atoms with van der Waals surface area (Å²) >= 11 is 0. The van der Waals surface area contributed by atoms with Crippen molar-refractivity contribution in [2.24, 2.45) is 0 Å². The van der Waals surface area contributed by atoms with Crippen LogP contribution in [-0.4, -0.2) is 55.1 Å². The van der Waals surface area contributed by atoms with Crippen molar-refractivity contribution in [3.63, 3.8) is 0 Å². The van der Waals surface area contributed by atoms with Crippen LogP contribution in [0.3, 0.4) is 0 Å². The van der Waals surface area contributed by atoms with Crippen LogP contribution in [0.15, 0.2) is 0 Å². The molecule has 1 aromatic rings. The van der Waals surface area contributed by atoms with Crippen molar-refractivity contribution < 1.29 is 8.42 Å². The zero-order valence-electron chi connectivity index (χ0n) is 12.7. The molecule has 21 heavy (non-hydrogen) atoms. The van der Waals surface area contributed by atoms with Gasteiger partial charge in [0.1, 0.15) is 0 Å². The van der Waals surface area contributed by atoms with Crippen LogP contribution in [0.25, 0.3) is 0 Å². The van der Waals surface area contributed by atoms with Crippen LogP contribution in [0.2, 0.25) is 0 Å². The fourth-order valence-corrected chi connectivity index (χ4v) is 3.99. The summed E-state index contributed by atoms with van der Waals surface area (Å²) in [6.45, 7) is 5.10. The SMILES string of the molecule is Cc1nc(N2CCCC2)nc2c1CCN(S(C)(=O)=O)CC2. The molecule has 3 heterocycles. The molecular formula is C14H22N4O2S. The highest BCUT2D eigenvalue weighted by Gasteiger charge is 2.24. The highest BCUT2D eigenvalue weighted by atomic mass is 32.2. The van der Waals surface area contributed by atoms with Gasteiger partial charge in [-0.15, -0.1) is 0 Å². The first-order valence-corrected chi connectivity index (χ1v) is 9.36. The molecule has 0 saturated carbocycles. The number of hydrogen-bond acceptors (Lipinski definition) is 5. The molecule has 0 unspecified atom stereocenters. The molecule has 2 aliphatic rings. The molecule has 1 fully saturated rings. The van der Waals surface area contributed by atoms with E-state index >= 15 is 0 Å². The second-order valence-electron chi connectivity index (χ2n) is 5.89. The normalized spacial score (nSPS) is 20.4. The molecule has 0 N–H and O–H groups in total. The summed E-state index contributed by atoms with van der Waals surface area (Å²) in [6.07, 6.45) is 5.04. The quantitative estimate of drug-likeness (QED) is 0.806. The van der Waals surface area contributed by atoms with Crippen molar-refractivity contribution in [1.82, 2.24) is 14.3 Å². The zero-order chi connectivity index (χ0) is 15.0. The van der Waals surface area contributed by atoms with Gasteiger partial charge in [-0.25, -0.2) is 22.7 Å². The maximum absolute atomic E-state index is 11.7. The van der Waals surface area contributed by atoms with E-state index in [2.05, 4.69) is 9.88 Å². The topological polar surface area (TPSA) is 66.4 Å². The van der Waals surface area contributed by atoms with E-state index in [0.29, 0.717) is 25.9 Å². The molecule has 2 aliphatic heterocycles. The lowest BCUT2D eigenvalue weighted by molar-refractivity contribution is 0.430. The van der Waals surface area contributed by atoms with Crippen molar-refractivity contribution >= 4 is 16.0 Å². The predicted octanol–water partition coefficient (Wildman–Crippen LogP) is 0.745. The van der Waals surface area contributed by atoms with E-state index in [1.54, 1.807) is 4.31 Å². The van der Waals surface area contributed by atoms with Gasteiger partial charge in [0, 0.05) is 38.3 Å². The minimum absolute atomic E-state index is 0.516. The molecule has 0 bridgehead atoms. The van der Waals surface area contributed by atoms with Crippen LogP contribution in [0.4, 0.5) is 5.95 Å². The van der Waals surface area contributed by atoms with E-state index in [0.717, 1.165) is 36.0 Å². The lowest BCUT2D eigenvalue weighted by Crippen LogP contribution is -2.32. The molecular weight excluding hydrogens is 288 g/mol. The molecule has 0 radical (unpaired) electrons. The minimum Gasteiger partial charge on any atom is -0.341 e. The van der Waals surface area contributed by atoms with Crippen molar-refractivity contribution in [3.05, 3.63) is 17.0 Å². The van der Waals surface area contributed by atoms with Gasteiger partial charge >= 0.3 is 0 Å². The van der Waals surface area contributed by atoms with Crippen LogP contribution in [0.5, 0.6) is 0 Å². The second-order valence-corrected chi connectivity index (χ2v) is 7.87. The standard InChI is InChI=1S/C14H22N4O2S/c1-11-12-5-9-18(21(2,19)20)10-6-13(12)16-14(15-11)17-7-3-4-8-17/h3-10H2,1-2H3. The molecule has 0 atom stereocenters. The Kier molecular flexibility index (Phi) is 3.88. The Hall–Kier alpha value is -1.21. The average Bonchev–Trinajstić information content (AvgIpc) is 2.84. The van der Waals surface area contributed by atoms with Gasteiger partial charge in [-0.2, -0.15) is 0 Å². The number of sulfonamides is 1. The Morgan fingerprint density at radius 3 is 2.33 bits per heavy atom. The highest BCUT2D eigenvalue weighted by Crippen LogP contribution is 2.23. The third kappa shape index (κ3) is 3.03. The number of aromatic nitrogens is 2. The third-order valence-corrected chi connectivity index (χ3v) is 5.66. The molecule has 0 aliphatic carbocycles. The van der Waals surface area contributed by atoms with Gasteiger partial charge in [-0.3, -0.25) is 0 Å². The van der Waals surface area contributed by atoms with E-state index in [1.807, 2.05) is 6.92 Å².